The summed E-state index contributed by atoms with van der Waals surface area (Å²) in [5, 5.41) is 36.0. The van der Waals surface area contributed by atoms with E-state index in [-0.39, 0.29) is 18.4 Å². The minimum absolute atomic E-state index is 0.0592. The molecule has 142 valence electrons. The number of hydrogen-bond donors (Lipinski definition) is 4. The topological polar surface area (TPSA) is 94.8 Å². The van der Waals surface area contributed by atoms with Crippen LogP contribution in [0.25, 0.3) is 10.9 Å². The molecule has 2 aromatic rings. The average molecular weight is 360 g/mol. The van der Waals surface area contributed by atoms with E-state index >= 15 is 0 Å². The van der Waals surface area contributed by atoms with Gasteiger partial charge in [-0.3, -0.25) is 4.98 Å². The number of rotatable bonds is 6. The number of piperidine rings is 1. The van der Waals surface area contributed by atoms with Crippen molar-refractivity contribution in [2.24, 2.45) is 11.8 Å². The SMILES string of the molecule is COc1cnc2cccc([C@](O)(C3CCNCC3CCO)[C@@H](C)O)c2c1. The first-order valence-electron chi connectivity index (χ1n) is 9.17. The molecule has 1 fully saturated rings. The number of hydrogen-bond acceptors (Lipinski definition) is 6. The zero-order valence-electron chi connectivity index (χ0n) is 15.4. The van der Waals surface area contributed by atoms with Gasteiger partial charge in [-0.05, 0) is 62.4 Å². The number of nitrogens with one attached hydrogen (secondary N) is 1. The number of nitrogens with zero attached hydrogens (tertiary/aromatic N) is 1. The Hall–Kier alpha value is -1.73. The monoisotopic (exact) mass is 360 g/mol. The van der Waals surface area contributed by atoms with Crippen molar-refractivity contribution in [3.63, 3.8) is 0 Å². The van der Waals surface area contributed by atoms with Crippen LogP contribution in [-0.4, -0.2) is 53.2 Å². The molecule has 2 heterocycles. The predicted molar refractivity (Wildman–Crippen MR) is 100 cm³/mol. The largest absolute Gasteiger partial charge is 0.495 e. The van der Waals surface area contributed by atoms with E-state index in [9.17, 15) is 15.3 Å². The van der Waals surface area contributed by atoms with Crippen molar-refractivity contribution in [1.29, 1.82) is 0 Å². The smallest absolute Gasteiger partial charge is 0.137 e. The third-order valence-electron chi connectivity index (χ3n) is 5.68. The summed E-state index contributed by atoms with van der Waals surface area (Å²) < 4.78 is 5.31. The van der Waals surface area contributed by atoms with Crippen LogP contribution in [-0.2, 0) is 5.60 Å². The van der Waals surface area contributed by atoms with Gasteiger partial charge in [0.2, 0.25) is 0 Å². The molecule has 3 rings (SSSR count). The summed E-state index contributed by atoms with van der Waals surface area (Å²) in [4.78, 5) is 4.42. The van der Waals surface area contributed by atoms with Gasteiger partial charge >= 0.3 is 0 Å². The Labute approximate surface area is 153 Å². The third-order valence-corrected chi connectivity index (χ3v) is 5.68. The zero-order valence-corrected chi connectivity index (χ0v) is 15.4. The molecular formula is C20H28N2O4. The second-order valence-corrected chi connectivity index (χ2v) is 7.12. The lowest BCUT2D eigenvalue weighted by atomic mass is 9.67. The van der Waals surface area contributed by atoms with Crippen molar-refractivity contribution < 1.29 is 20.1 Å². The molecule has 0 spiro atoms. The summed E-state index contributed by atoms with van der Waals surface area (Å²) in [5.41, 5.74) is -0.0311. The number of fused-ring (bicyclic) bond motifs is 1. The lowest BCUT2D eigenvalue weighted by Gasteiger charge is -2.45. The van der Waals surface area contributed by atoms with Gasteiger partial charge in [0.25, 0.3) is 0 Å². The molecule has 4 atom stereocenters. The highest BCUT2D eigenvalue weighted by molar-refractivity contribution is 5.84. The molecule has 0 aliphatic carbocycles. The highest BCUT2D eigenvalue weighted by Gasteiger charge is 2.47. The fraction of sp³-hybridized carbons (Fsp3) is 0.550. The minimum Gasteiger partial charge on any atom is -0.495 e. The molecule has 0 saturated carbocycles. The van der Waals surface area contributed by atoms with Crippen molar-refractivity contribution >= 4 is 10.9 Å². The minimum atomic E-state index is -1.44. The number of aromatic nitrogens is 1. The number of ether oxygens (including phenoxy) is 1. The van der Waals surface area contributed by atoms with E-state index in [1.807, 2.05) is 24.3 Å². The Kier molecular flexibility index (Phi) is 5.77. The number of benzene rings is 1. The Bertz CT molecular complexity index is 750. The number of pyridine rings is 1. The van der Waals surface area contributed by atoms with Crippen LogP contribution in [0.3, 0.4) is 0 Å². The Morgan fingerprint density at radius 1 is 1.42 bits per heavy atom. The molecule has 1 saturated heterocycles. The quantitative estimate of drug-likeness (QED) is 0.622. The number of methoxy groups -OCH3 is 1. The summed E-state index contributed by atoms with van der Waals surface area (Å²) in [6, 6.07) is 7.45. The molecule has 0 amide bonds. The molecule has 6 nitrogen and oxygen atoms in total. The van der Waals surface area contributed by atoms with E-state index in [1.54, 1.807) is 20.2 Å². The highest BCUT2D eigenvalue weighted by Crippen LogP contribution is 2.44. The molecule has 1 aromatic carbocycles. The Morgan fingerprint density at radius 3 is 2.92 bits per heavy atom. The Balaban J connectivity index is 2.16. The van der Waals surface area contributed by atoms with Crippen LogP contribution in [0.15, 0.2) is 30.5 Å². The zero-order chi connectivity index (χ0) is 18.7. The molecule has 4 N–H and O–H groups in total. The van der Waals surface area contributed by atoms with E-state index < -0.39 is 11.7 Å². The van der Waals surface area contributed by atoms with E-state index in [1.165, 1.54) is 0 Å². The standard InChI is InChI=1S/C20H28N2O4/c1-13(24)20(25,17-6-8-21-11-14(17)7-9-23)18-4-3-5-19-16(18)10-15(26-2)12-22-19/h3-5,10,12-14,17,21,23-25H,6-9,11H2,1-2H3/t13-,14?,17?,20-/m1/s1. The predicted octanol–water partition coefficient (Wildman–Crippen LogP) is 1.42. The second kappa shape index (κ2) is 7.88. The Morgan fingerprint density at radius 2 is 2.23 bits per heavy atom. The van der Waals surface area contributed by atoms with Crippen LogP contribution < -0.4 is 10.1 Å². The third kappa shape index (κ3) is 3.30. The van der Waals surface area contributed by atoms with Crippen LogP contribution in [0, 0.1) is 11.8 Å². The lowest BCUT2D eigenvalue weighted by Crippen LogP contribution is -2.53. The van der Waals surface area contributed by atoms with E-state index in [2.05, 4.69) is 10.3 Å². The van der Waals surface area contributed by atoms with Gasteiger partial charge in [0.15, 0.2) is 0 Å². The van der Waals surface area contributed by atoms with Crippen LogP contribution in [0.5, 0.6) is 5.75 Å². The van der Waals surface area contributed by atoms with Gasteiger partial charge in [-0.1, -0.05) is 12.1 Å². The van der Waals surface area contributed by atoms with Gasteiger partial charge < -0.3 is 25.4 Å². The lowest BCUT2D eigenvalue weighted by molar-refractivity contribution is -0.136. The van der Waals surface area contributed by atoms with E-state index in [0.29, 0.717) is 24.3 Å². The molecule has 1 aromatic heterocycles. The fourth-order valence-corrected chi connectivity index (χ4v) is 4.30. The van der Waals surface area contributed by atoms with E-state index in [0.717, 1.165) is 23.9 Å². The van der Waals surface area contributed by atoms with Gasteiger partial charge in [-0.25, -0.2) is 0 Å². The van der Waals surface area contributed by atoms with Gasteiger partial charge in [-0.2, -0.15) is 0 Å². The summed E-state index contributed by atoms with van der Waals surface area (Å²) in [6.07, 6.45) is 1.98. The average Bonchev–Trinajstić information content (AvgIpc) is 2.67. The van der Waals surface area contributed by atoms with Crippen LogP contribution in [0.4, 0.5) is 0 Å². The van der Waals surface area contributed by atoms with Crippen LogP contribution in [0.2, 0.25) is 0 Å². The molecule has 0 bridgehead atoms. The van der Waals surface area contributed by atoms with Crippen molar-refractivity contribution in [1.82, 2.24) is 10.3 Å². The molecule has 1 aliphatic rings. The van der Waals surface area contributed by atoms with E-state index in [4.69, 9.17) is 4.74 Å². The maximum Gasteiger partial charge on any atom is 0.137 e. The molecule has 1 aliphatic heterocycles. The first-order valence-corrected chi connectivity index (χ1v) is 9.17. The van der Waals surface area contributed by atoms with Gasteiger partial charge in [-0.15, -0.1) is 0 Å². The fourth-order valence-electron chi connectivity index (χ4n) is 4.30. The first-order chi connectivity index (χ1) is 12.5. The van der Waals surface area contributed by atoms with Crippen molar-refractivity contribution in [2.75, 3.05) is 26.8 Å². The van der Waals surface area contributed by atoms with Crippen molar-refractivity contribution in [3.8, 4) is 5.75 Å². The van der Waals surface area contributed by atoms with Crippen molar-refractivity contribution in [2.45, 2.75) is 31.5 Å². The van der Waals surface area contributed by atoms with Crippen LogP contribution in [0.1, 0.15) is 25.3 Å². The normalized spacial score (nSPS) is 24.2. The summed E-state index contributed by atoms with van der Waals surface area (Å²) >= 11 is 0. The van der Waals surface area contributed by atoms with Gasteiger partial charge in [0.05, 0.1) is 24.9 Å². The first kappa shape index (κ1) is 19.0. The molecular weight excluding hydrogens is 332 g/mol. The maximum absolute atomic E-state index is 11.8. The summed E-state index contributed by atoms with van der Waals surface area (Å²) in [5.74, 6) is 0.505. The maximum atomic E-state index is 11.8. The summed E-state index contributed by atoms with van der Waals surface area (Å²) in [7, 11) is 1.58. The van der Waals surface area contributed by atoms with Gasteiger partial charge in [0.1, 0.15) is 11.4 Å². The summed E-state index contributed by atoms with van der Waals surface area (Å²) in [6.45, 7) is 3.18. The number of aliphatic hydroxyl groups excluding tert-OH is 2. The molecule has 2 unspecified atom stereocenters. The molecule has 0 radical (unpaired) electrons. The van der Waals surface area contributed by atoms with Gasteiger partial charge in [0, 0.05) is 12.0 Å². The highest BCUT2D eigenvalue weighted by atomic mass is 16.5. The molecule has 6 heteroatoms. The number of aliphatic hydroxyl groups is 3. The van der Waals surface area contributed by atoms with Crippen LogP contribution >= 0.6 is 0 Å². The second-order valence-electron chi connectivity index (χ2n) is 7.12. The van der Waals surface area contributed by atoms with Crippen molar-refractivity contribution in [3.05, 3.63) is 36.0 Å². The molecule has 26 heavy (non-hydrogen) atoms.